The Labute approximate surface area is 168 Å². The molecule has 2 amide bonds. The first-order valence-corrected chi connectivity index (χ1v) is 9.65. The maximum Gasteiger partial charge on any atom is 0.255 e. The van der Waals surface area contributed by atoms with Crippen molar-refractivity contribution >= 4 is 17.5 Å². The van der Waals surface area contributed by atoms with Gasteiger partial charge >= 0.3 is 0 Å². The molecule has 0 spiro atoms. The molecule has 148 valence electrons. The number of anilines is 1. The fourth-order valence-corrected chi connectivity index (χ4v) is 3.57. The van der Waals surface area contributed by atoms with Crippen molar-refractivity contribution in [3.05, 3.63) is 72.6 Å². The summed E-state index contributed by atoms with van der Waals surface area (Å²) in [6, 6.07) is 6.87. The van der Waals surface area contributed by atoms with Crippen LogP contribution in [-0.4, -0.2) is 49.0 Å². The summed E-state index contributed by atoms with van der Waals surface area (Å²) in [6.45, 7) is 1.32. The molecule has 1 fully saturated rings. The predicted octanol–water partition coefficient (Wildman–Crippen LogP) is 2.62. The van der Waals surface area contributed by atoms with Crippen molar-refractivity contribution in [2.45, 2.75) is 31.8 Å². The lowest BCUT2D eigenvalue weighted by molar-refractivity contribution is 0.0583. The van der Waals surface area contributed by atoms with E-state index >= 15 is 0 Å². The molecule has 1 unspecified atom stereocenters. The monoisotopic (exact) mass is 390 g/mol. The number of pyridine rings is 2. The Morgan fingerprint density at radius 3 is 2.41 bits per heavy atom. The van der Waals surface area contributed by atoms with Crippen molar-refractivity contribution in [2.75, 3.05) is 11.9 Å². The van der Waals surface area contributed by atoms with Crippen LogP contribution in [0.2, 0.25) is 0 Å². The molecule has 3 aromatic heterocycles. The zero-order valence-corrected chi connectivity index (χ0v) is 15.9. The van der Waals surface area contributed by atoms with E-state index in [4.69, 9.17) is 0 Å². The van der Waals surface area contributed by atoms with Gasteiger partial charge in [-0.2, -0.15) is 5.10 Å². The van der Waals surface area contributed by atoms with Crippen LogP contribution in [0, 0.1) is 0 Å². The summed E-state index contributed by atoms with van der Waals surface area (Å²) in [7, 11) is 0. The van der Waals surface area contributed by atoms with E-state index in [0.29, 0.717) is 23.4 Å². The molecule has 1 atom stereocenters. The number of aromatic nitrogens is 4. The van der Waals surface area contributed by atoms with Crippen molar-refractivity contribution < 1.29 is 9.59 Å². The van der Waals surface area contributed by atoms with E-state index in [9.17, 15) is 9.59 Å². The highest BCUT2D eigenvalue weighted by molar-refractivity contribution is 6.04. The Morgan fingerprint density at radius 1 is 1.00 bits per heavy atom. The third kappa shape index (κ3) is 4.48. The molecule has 3 aromatic rings. The normalized spacial score (nSPS) is 16.4. The summed E-state index contributed by atoms with van der Waals surface area (Å²) < 4.78 is 1.78. The fourth-order valence-electron chi connectivity index (χ4n) is 3.57. The standard InChI is InChI=1S/C21H22N6O2/c28-20(16-4-8-22-9-5-16)25-18-13-24-26(14-18)15-19-3-1-2-12-27(19)21(29)17-6-10-23-11-7-17/h4-11,13-14,19H,1-3,12,15H2,(H,25,28). The molecule has 29 heavy (non-hydrogen) atoms. The van der Waals surface area contributed by atoms with Crippen molar-refractivity contribution in [3.63, 3.8) is 0 Å². The average molecular weight is 390 g/mol. The molecule has 4 heterocycles. The summed E-state index contributed by atoms with van der Waals surface area (Å²) in [5, 5.41) is 7.20. The molecule has 0 radical (unpaired) electrons. The number of piperidine rings is 1. The predicted molar refractivity (Wildman–Crippen MR) is 107 cm³/mol. The van der Waals surface area contributed by atoms with E-state index in [0.717, 1.165) is 25.8 Å². The molecule has 1 N–H and O–H groups in total. The number of hydrogen-bond donors (Lipinski definition) is 1. The average Bonchev–Trinajstić information content (AvgIpc) is 3.21. The van der Waals surface area contributed by atoms with E-state index in [2.05, 4.69) is 20.4 Å². The maximum atomic E-state index is 12.9. The molecule has 8 heteroatoms. The van der Waals surface area contributed by atoms with Gasteiger partial charge in [0.25, 0.3) is 11.8 Å². The van der Waals surface area contributed by atoms with Gasteiger partial charge in [0.2, 0.25) is 0 Å². The van der Waals surface area contributed by atoms with Crippen molar-refractivity contribution in [1.29, 1.82) is 0 Å². The van der Waals surface area contributed by atoms with Crippen LogP contribution in [-0.2, 0) is 6.54 Å². The van der Waals surface area contributed by atoms with Crippen LogP contribution < -0.4 is 5.32 Å². The SMILES string of the molecule is O=C(Nc1cnn(CC2CCCCN2C(=O)c2ccncc2)c1)c1ccncc1. The van der Waals surface area contributed by atoms with Crippen molar-refractivity contribution in [1.82, 2.24) is 24.6 Å². The van der Waals surface area contributed by atoms with Crippen molar-refractivity contribution in [2.24, 2.45) is 0 Å². The van der Waals surface area contributed by atoms with Gasteiger partial charge in [-0.15, -0.1) is 0 Å². The topological polar surface area (TPSA) is 93.0 Å². The minimum Gasteiger partial charge on any atom is -0.334 e. The summed E-state index contributed by atoms with van der Waals surface area (Å²) in [5.74, 6) is -0.186. The quantitative estimate of drug-likeness (QED) is 0.723. The smallest absolute Gasteiger partial charge is 0.255 e. The van der Waals surface area contributed by atoms with E-state index in [-0.39, 0.29) is 17.9 Å². The number of rotatable bonds is 5. The lowest BCUT2D eigenvalue weighted by Crippen LogP contribution is -2.45. The molecule has 1 aliphatic rings. The largest absolute Gasteiger partial charge is 0.334 e. The number of hydrogen-bond acceptors (Lipinski definition) is 5. The van der Waals surface area contributed by atoms with Crippen molar-refractivity contribution in [3.8, 4) is 0 Å². The Bertz CT molecular complexity index is 973. The van der Waals surface area contributed by atoms with Crippen LogP contribution >= 0.6 is 0 Å². The number of nitrogens with one attached hydrogen (secondary N) is 1. The van der Waals surface area contributed by atoms with Gasteiger partial charge in [-0.25, -0.2) is 0 Å². The van der Waals surface area contributed by atoms with E-state index in [1.807, 2.05) is 4.90 Å². The minimum atomic E-state index is -0.209. The summed E-state index contributed by atoms with van der Waals surface area (Å²) in [4.78, 5) is 35.0. The van der Waals surface area contributed by atoms with E-state index in [1.165, 1.54) is 0 Å². The maximum absolute atomic E-state index is 12.9. The molecule has 8 nitrogen and oxygen atoms in total. The first-order chi connectivity index (χ1) is 14.2. The van der Waals surface area contributed by atoms with Crippen LogP contribution in [0.15, 0.2) is 61.4 Å². The van der Waals surface area contributed by atoms with Gasteiger partial charge in [-0.1, -0.05) is 0 Å². The molecular weight excluding hydrogens is 368 g/mol. The van der Waals surface area contributed by atoms with Gasteiger partial charge in [0, 0.05) is 48.7 Å². The van der Waals surface area contributed by atoms with Gasteiger partial charge in [-0.3, -0.25) is 24.2 Å². The molecule has 4 rings (SSSR count). The number of carbonyl (C=O) groups is 2. The van der Waals surface area contributed by atoms with Crippen LogP contribution in [0.1, 0.15) is 40.0 Å². The van der Waals surface area contributed by atoms with Gasteiger partial charge in [0.05, 0.1) is 24.5 Å². The summed E-state index contributed by atoms with van der Waals surface area (Å²) in [5.41, 5.74) is 1.81. The zero-order valence-electron chi connectivity index (χ0n) is 15.9. The second-order valence-corrected chi connectivity index (χ2v) is 7.03. The molecule has 0 saturated carbocycles. The lowest BCUT2D eigenvalue weighted by atomic mass is 10.0. The highest BCUT2D eigenvalue weighted by atomic mass is 16.2. The van der Waals surface area contributed by atoms with Crippen LogP contribution in [0.3, 0.4) is 0 Å². The Hall–Kier alpha value is -3.55. The van der Waals surface area contributed by atoms with E-state index < -0.39 is 0 Å². The van der Waals surface area contributed by atoms with Gasteiger partial charge in [0.1, 0.15) is 0 Å². The Balaban J connectivity index is 1.43. The van der Waals surface area contributed by atoms with Gasteiger partial charge in [-0.05, 0) is 43.5 Å². The number of likely N-dealkylation sites (tertiary alicyclic amines) is 1. The van der Waals surface area contributed by atoms with Crippen LogP contribution in [0.5, 0.6) is 0 Å². The second-order valence-electron chi connectivity index (χ2n) is 7.03. The Morgan fingerprint density at radius 2 is 1.69 bits per heavy atom. The zero-order chi connectivity index (χ0) is 20.1. The molecular formula is C21H22N6O2. The summed E-state index contributed by atoms with van der Waals surface area (Å²) in [6.07, 6.45) is 12.9. The van der Waals surface area contributed by atoms with Crippen LogP contribution in [0.25, 0.3) is 0 Å². The fraction of sp³-hybridized carbons (Fsp3) is 0.286. The first kappa shape index (κ1) is 18.8. The number of carbonyl (C=O) groups excluding carboxylic acids is 2. The highest BCUT2D eigenvalue weighted by Crippen LogP contribution is 2.21. The second kappa shape index (κ2) is 8.64. The Kier molecular flexibility index (Phi) is 5.60. The molecule has 0 aromatic carbocycles. The van der Waals surface area contributed by atoms with E-state index in [1.54, 1.807) is 66.1 Å². The minimum absolute atomic E-state index is 0.0236. The van der Waals surface area contributed by atoms with Crippen LogP contribution in [0.4, 0.5) is 5.69 Å². The first-order valence-electron chi connectivity index (χ1n) is 9.65. The van der Waals surface area contributed by atoms with Gasteiger partial charge in [0.15, 0.2) is 0 Å². The molecule has 0 aliphatic carbocycles. The number of amides is 2. The van der Waals surface area contributed by atoms with Gasteiger partial charge < -0.3 is 10.2 Å². The molecule has 0 bridgehead atoms. The lowest BCUT2D eigenvalue weighted by Gasteiger charge is -2.35. The third-order valence-corrected chi connectivity index (χ3v) is 5.05. The molecule has 1 aliphatic heterocycles. The number of nitrogens with zero attached hydrogens (tertiary/aromatic N) is 5. The summed E-state index contributed by atoms with van der Waals surface area (Å²) >= 11 is 0. The third-order valence-electron chi connectivity index (χ3n) is 5.05. The molecule has 1 saturated heterocycles. The highest BCUT2D eigenvalue weighted by Gasteiger charge is 2.28.